The molecule has 0 heterocycles. The normalized spacial score (nSPS) is 11.3. The fraction of sp³-hybridized carbons (Fsp3) is 0.0769. The van der Waals surface area contributed by atoms with Crippen LogP contribution in [-0.4, -0.2) is 14.7 Å². The minimum atomic E-state index is -3.60. The van der Waals surface area contributed by atoms with Crippen LogP contribution in [0.3, 0.4) is 0 Å². The Balaban J connectivity index is 2.30. The van der Waals surface area contributed by atoms with Crippen LogP contribution in [0.5, 0.6) is 0 Å². The van der Waals surface area contributed by atoms with Gasteiger partial charge in [-0.2, -0.15) is 0 Å². The number of rotatable bonds is 4. The Hall–Kier alpha value is -1.17. The minimum absolute atomic E-state index is 0.213. The van der Waals surface area contributed by atoms with Gasteiger partial charge in [-0.25, -0.2) is 8.42 Å². The van der Waals surface area contributed by atoms with Crippen molar-refractivity contribution in [1.82, 2.24) is 0 Å². The molecule has 100 valence electrons. The molecule has 0 aromatic heterocycles. The molecule has 2 aromatic carbocycles. The first-order valence-corrected chi connectivity index (χ1v) is 8.53. The van der Waals surface area contributed by atoms with Gasteiger partial charge in [0.2, 0.25) is 0 Å². The number of hydrogen-bond donors (Lipinski definition) is 1. The summed E-state index contributed by atoms with van der Waals surface area (Å²) in [6.45, 7) is 0. The fourth-order valence-corrected chi connectivity index (χ4v) is 3.23. The van der Waals surface area contributed by atoms with Crippen LogP contribution in [0.25, 0.3) is 0 Å². The summed E-state index contributed by atoms with van der Waals surface area (Å²) in [7, 11) is -3.60. The molecule has 0 aliphatic heterocycles. The van der Waals surface area contributed by atoms with Gasteiger partial charge in [0.15, 0.2) is 0 Å². The second kappa shape index (κ2) is 5.86. The first-order chi connectivity index (χ1) is 9.03. The molecule has 0 spiro atoms. The van der Waals surface area contributed by atoms with Gasteiger partial charge in [0.1, 0.15) is 0 Å². The Morgan fingerprint density at radius 1 is 1.05 bits per heavy atom. The van der Waals surface area contributed by atoms with E-state index in [4.69, 9.17) is 11.6 Å². The summed E-state index contributed by atoms with van der Waals surface area (Å²) in [5, 5.41) is 0.367. The summed E-state index contributed by atoms with van der Waals surface area (Å²) in [5.74, 6) is 0. The Labute approximate surface area is 122 Å². The Morgan fingerprint density at radius 2 is 1.68 bits per heavy atom. The van der Waals surface area contributed by atoms with Crippen LogP contribution >= 0.6 is 23.4 Å². The SMILES string of the molecule is CSc1ccc(S(=O)(=O)Nc2ccccc2Cl)cc1. The maximum Gasteiger partial charge on any atom is 0.261 e. The summed E-state index contributed by atoms with van der Waals surface area (Å²) in [5.41, 5.74) is 0.373. The van der Waals surface area contributed by atoms with E-state index in [2.05, 4.69) is 4.72 Å². The third kappa shape index (κ3) is 3.43. The topological polar surface area (TPSA) is 46.2 Å². The van der Waals surface area contributed by atoms with E-state index in [1.807, 2.05) is 6.26 Å². The number of nitrogens with one attached hydrogen (secondary N) is 1. The highest BCUT2D eigenvalue weighted by Gasteiger charge is 2.15. The quantitative estimate of drug-likeness (QED) is 0.872. The number of para-hydroxylation sites is 1. The maximum atomic E-state index is 12.2. The van der Waals surface area contributed by atoms with E-state index in [1.54, 1.807) is 60.3 Å². The Morgan fingerprint density at radius 3 is 2.26 bits per heavy atom. The monoisotopic (exact) mass is 313 g/mol. The van der Waals surface area contributed by atoms with Crippen LogP contribution in [0.2, 0.25) is 5.02 Å². The van der Waals surface area contributed by atoms with Crippen LogP contribution in [-0.2, 0) is 10.0 Å². The number of halogens is 1. The van der Waals surface area contributed by atoms with Gasteiger partial charge < -0.3 is 0 Å². The van der Waals surface area contributed by atoms with Crippen molar-refractivity contribution in [2.24, 2.45) is 0 Å². The van der Waals surface area contributed by atoms with Crippen molar-refractivity contribution in [3.63, 3.8) is 0 Å². The first kappa shape index (κ1) is 14.2. The lowest BCUT2D eigenvalue weighted by Crippen LogP contribution is -2.13. The molecular weight excluding hydrogens is 302 g/mol. The van der Waals surface area contributed by atoms with Crippen LogP contribution in [0.15, 0.2) is 58.3 Å². The van der Waals surface area contributed by atoms with Gasteiger partial charge >= 0.3 is 0 Å². The Kier molecular flexibility index (Phi) is 4.39. The molecule has 0 saturated heterocycles. The number of sulfonamides is 1. The summed E-state index contributed by atoms with van der Waals surface area (Å²) in [6.07, 6.45) is 1.94. The van der Waals surface area contributed by atoms with Gasteiger partial charge in [0.05, 0.1) is 15.6 Å². The third-order valence-electron chi connectivity index (χ3n) is 2.49. The Bertz CT molecular complexity index is 669. The van der Waals surface area contributed by atoms with E-state index in [-0.39, 0.29) is 4.90 Å². The number of benzene rings is 2. The van der Waals surface area contributed by atoms with Gasteiger partial charge in [-0.1, -0.05) is 23.7 Å². The number of anilines is 1. The van der Waals surface area contributed by atoms with Crippen molar-refractivity contribution in [1.29, 1.82) is 0 Å². The van der Waals surface area contributed by atoms with Crippen molar-refractivity contribution < 1.29 is 8.42 Å². The fourth-order valence-electron chi connectivity index (χ4n) is 1.50. The van der Waals surface area contributed by atoms with E-state index < -0.39 is 10.0 Å². The smallest absolute Gasteiger partial charge is 0.261 e. The molecule has 0 aliphatic rings. The van der Waals surface area contributed by atoms with E-state index in [0.717, 1.165) is 4.90 Å². The molecule has 0 aliphatic carbocycles. The van der Waals surface area contributed by atoms with Gasteiger partial charge in [-0.3, -0.25) is 4.72 Å². The molecule has 0 bridgehead atoms. The average Bonchev–Trinajstić information content (AvgIpc) is 2.41. The van der Waals surface area contributed by atoms with Crippen molar-refractivity contribution in [2.45, 2.75) is 9.79 Å². The van der Waals surface area contributed by atoms with Crippen LogP contribution in [0, 0.1) is 0 Å². The molecule has 0 unspecified atom stereocenters. The molecule has 6 heteroatoms. The van der Waals surface area contributed by atoms with Crippen LogP contribution in [0.4, 0.5) is 5.69 Å². The molecule has 3 nitrogen and oxygen atoms in total. The summed E-state index contributed by atoms with van der Waals surface area (Å²) in [4.78, 5) is 1.22. The van der Waals surface area contributed by atoms with Crippen LogP contribution < -0.4 is 4.72 Å². The van der Waals surface area contributed by atoms with Crippen LogP contribution in [0.1, 0.15) is 0 Å². The second-order valence-corrected chi connectivity index (χ2v) is 6.73. The number of thioether (sulfide) groups is 1. The summed E-state index contributed by atoms with van der Waals surface area (Å²) < 4.78 is 26.8. The molecule has 0 saturated carbocycles. The zero-order valence-electron chi connectivity index (χ0n) is 10.1. The molecular formula is C13H12ClNO2S2. The molecule has 0 fully saturated rings. The molecule has 2 rings (SSSR count). The predicted octanol–water partition coefficient (Wildman–Crippen LogP) is 3.86. The highest BCUT2D eigenvalue weighted by Crippen LogP contribution is 2.24. The first-order valence-electron chi connectivity index (χ1n) is 5.44. The van der Waals surface area contributed by atoms with E-state index in [9.17, 15) is 8.42 Å². The lowest BCUT2D eigenvalue weighted by atomic mass is 10.3. The highest BCUT2D eigenvalue weighted by molar-refractivity contribution is 7.98. The van der Waals surface area contributed by atoms with E-state index in [0.29, 0.717) is 10.7 Å². The third-order valence-corrected chi connectivity index (χ3v) is 4.94. The van der Waals surface area contributed by atoms with E-state index in [1.165, 1.54) is 0 Å². The van der Waals surface area contributed by atoms with Gasteiger partial charge in [-0.15, -0.1) is 11.8 Å². The lowest BCUT2D eigenvalue weighted by Gasteiger charge is -2.09. The zero-order valence-corrected chi connectivity index (χ0v) is 12.5. The van der Waals surface area contributed by atoms with Gasteiger partial charge in [-0.05, 0) is 42.7 Å². The highest BCUT2D eigenvalue weighted by atomic mass is 35.5. The van der Waals surface area contributed by atoms with Gasteiger partial charge in [0.25, 0.3) is 10.0 Å². The summed E-state index contributed by atoms with van der Waals surface area (Å²) >= 11 is 7.49. The molecule has 2 aromatic rings. The molecule has 1 N–H and O–H groups in total. The maximum absolute atomic E-state index is 12.2. The molecule has 0 radical (unpaired) electrons. The summed E-state index contributed by atoms with van der Waals surface area (Å²) in [6, 6.07) is 13.4. The molecule has 0 amide bonds. The van der Waals surface area contributed by atoms with Crippen molar-refractivity contribution in [2.75, 3.05) is 11.0 Å². The minimum Gasteiger partial charge on any atom is -0.278 e. The van der Waals surface area contributed by atoms with Crippen molar-refractivity contribution in [3.8, 4) is 0 Å². The second-order valence-electron chi connectivity index (χ2n) is 3.76. The average molecular weight is 314 g/mol. The molecule has 19 heavy (non-hydrogen) atoms. The lowest BCUT2D eigenvalue weighted by molar-refractivity contribution is 0.601. The largest absolute Gasteiger partial charge is 0.278 e. The van der Waals surface area contributed by atoms with E-state index >= 15 is 0 Å². The molecule has 0 atom stereocenters. The zero-order chi connectivity index (χ0) is 13.9. The van der Waals surface area contributed by atoms with Gasteiger partial charge in [0, 0.05) is 4.90 Å². The number of hydrogen-bond acceptors (Lipinski definition) is 3. The van der Waals surface area contributed by atoms with Crippen molar-refractivity contribution in [3.05, 3.63) is 53.6 Å². The van der Waals surface area contributed by atoms with Crippen molar-refractivity contribution >= 4 is 39.1 Å². The predicted molar refractivity (Wildman–Crippen MR) is 80.5 cm³/mol. The standard InChI is InChI=1S/C13H12ClNO2S2/c1-18-10-6-8-11(9-7-10)19(16,17)15-13-5-3-2-4-12(13)14/h2-9,15H,1H3.